The molecule has 1 fully saturated rings. The molecule has 1 aromatic heterocycles. The van der Waals surface area contributed by atoms with Gasteiger partial charge in [0.1, 0.15) is 5.82 Å². The number of benzene rings is 1. The molecular formula is C17H22N4O2S. The predicted molar refractivity (Wildman–Crippen MR) is 93.0 cm³/mol. The first-order valence-electron chi connectivity index (χ1n) is 8.30. The third-order valence-corrected chi connectivity index (χ3v) is 6.43. The van der Waals surface area contributed by atoms with Crippen molar-refractivity contribution in [1.29, 1.82) is 5.26 Å². The minimum Gasteiger partial charge on any atom is -0.342 e. The summed E-state index contributed by atoms with van der Waals surface area (Å²) in [6.45, 7) is 3.06. The van der Waals surface area contributed by atoms with Crippen LogP contribution in [-0.4, -0.2) is 41.5 Å². The lowest BCUT2D eigenvalue weighted by molar-refractivity contribution is 0.310. The Bertz CT molecular complexity index is 866. The van der Waals surface area contributed by atoms with Crippen LogP contribution in [0.15, 0.2) is 18.2 Å². The van der Waals surface area contributed by atoms with Gasteiger partial charge in [-0.3, -0.25) is 0 Å². The summed E-state index contributed by atoms with van der Waals surface area (Å²) < 4.78 is 26.4. The third-order valence-electron chi connectivity index (χ3n) is 4.51. The molecule has 6 nitrogen and oxygen atoms in total. The lowest BCUT2D eigenvalue weighted by Gasteiger charge is -2.30. The molecule has 1 atom stereocenters. The van der Waals surface area contributed by atoms with Crippen LogP contribution >= 0.6 is 0 Å². The van der Waals surface area contributed by atoms with Crippen molar-refractivity contribution in [2.45, 2.75) is 38.5 Å². The Balaban J connectivity index is 1.76. The molecule has 7 heteroatoms. The first-order valence-corrected chi connectivity index (χ1v) is 9.91. The zero-order valence-electron chi connectivity index (χ0n) is 13.8. The van der Waals surface area contributed by atoms with Crippen molar-refractivity contribution in [1.82, 2.24) is 14.3 Å². The molecule has 3 rings (SSSR count). The summed E-state index contributed by atoms with van der Waals surface area (Å²) in [6.07, 6.45) is 2.44. The van der Waals surface area contributed by atoms with Crippen LogP contribution < -0.4 is 0 Å². The standard InChI is InChI=1S/C17H22N4O2S/c1-13-6-7-15-16(11-13)20-17(19-15)14-5-4-9-21(12-14)24(22,23)10-3-2-8-18/h6-7,11,14H,2-5,9-10,12H2,1H3,(H,19,20)/t14-/m0/s1. The lowest BCUT2D eigenvalue weighted by Crippen LogP contribution is -2.40. The molecule has 128 valence electrons. The molecule has 0 radical (unpaired) electrons. The Morgan fingerprint density at radius 3 is 3.08 bits per heavy atom. The van der Waals surface area contributed by atoms with Crippen LogP contribution in [0, 0.1) is 18.3 Å². The zero-order valence-corrected chi connectivity index (χ0v) is 14.6. The molecule has 24 heavy (non-hydrogen) atoms. The van der Waals surface area contributed by atoms with Gasteiger partial charge in [0.2, 0.25) is 10.0 Å². The molecule has 0 saturated carbocycles. The molecule has 1 saturated heterocycles. The SMILES string of the molecule is Cc1ccc2nc([C@H]3CCCN(S(=O)(=O)CCCC#N)C3)[nH]c2c1. The van der Waals surface area contributed by atoms with Gasteiger partial charge in [0.15, 0.2) is 0 Å². The van der Waals surface area contributed by atoms with E-state index in [2.05, 4.69) is 16.0 Å². The fourth-order valence-electron chi connectivity index (χ4n) is 3.22. The summed E-state index contributed by atoms with van der Waals surface area (Å²) in [6, 6.07) is 8.08. The molecule has 0 spiro atoms. The fraction of sp³-hybridized carbons (Fsp3) is 0.529. The Kier molecular flexibility index (Phi) is 4.88. The number of nitriles is 1. The van der Waals surface area contributed by atoms with Gasteiger partial charge in [-0.05, 0) is 43.9 Å². The van der Waals surface area contributed by atoms with E-state index < -0.39 is 10.0 Å². The molecule has 2 aromatic rings. The number of hydrogen-bond donors (Lipinski definition) is 1. The van der Waals surface area contributed by atoms with Gasteiger partial charge in [0.05, 0.1) is 22.9 Å². The quantitative estimate of drug-likeness (QED) is 0.843. The molecule has 0 amide bonds. The van der Waals surface area contributed by atoms with E-state index in [0.717, 1.165) is 29.7 Å². The van der Waals surface area contributed by atoms with Gasteiger partial charge >= 0.3 is 0 Å². The number of aryl methyl sites for hydroxylation is 1. The van der Waals surface area contributed by atoms with Gasteiger partial charge in [-0.15, -0.1) is 0 Å². The van der Waals surface area contributed by atoms with Crippen LogP contribution in [0.2, 0.25) is 0 Å². The Labute approximate surface area is 142 Å². The second-order valence-electron chi connectivity index (χ2n) is 6.42. The average molecular weight is 346 g/mol. The van der Waals surface area contributed by atoms with E-state index in [0.29, 0.717) is 19.5 Å². The summed E-state index contributed by atoms with van der Waals surface area (Å²) in [5.41, 5.74) is 3.09. The van der Waals surface area contributed by atoms with E-state index >= 15 is 0 Å². The Morgan fingerprint density at radius 1 is 1.46 bits per heavy atom. The van der Waals surface area contributed by atoms with Crippen molar-refractivity contribution in [2.24, 2.45) is 0 Å². The van der Waals surface area contributed by atoms with Crippen molar-refractivity contribution < 1.29 is 8.42 Å². The number of unbranched alkanes of at least 4 members (excludes halogenated alkanes) is 1. The zero-order chi connectivity index (χ0) is 17.2. The normalized spacial score (nSPS) is 19.4. The van der Waals surface area contributed by atoms with Crippen LogP contribution in [0.4, 0.5) is 0 Å². The summed E-state index contributed by atoms with van der Waals surface area (Å²) in [7, 11) is -3.29. The van der Waals surface area contributed by atoms with E-state index in [1.54, 1.807) is 4.31 Å². The number of nitrogens with zero attached hydrogens (tertiary/aromatic N) is 3. The van der Waals surface area contributed by atoms with Gasteiger partial charge in [-0.1, -0.05) is 6.07 Å². The number of nitrogens with one attached hydrogen (secondary N) is 1. The fourth-order valence-corrected chi connectivity index (χ4v) is 4.80. The van der Waals surface area contributed by atoms with Crippen LogP contribution in [0.25, 0.3) is 11.0 Å². The van der Waals surface area contributed by atoms with Crippen LogP contribution in [0.5, 0.6) is 0 Å². The smallest absolute Gasteiger partial charge is 0.214 e. The second kappa shape index (κ2) is 6.91. The number of hydrogen-bond acceptors (Lipinski definition) is 4. The molecule has 1 aromatic carbocycles. The molecule has 0 unspecified atom stereocenters. The van der Waals surface area contributed by atoms with E-state index in [1.807, 2.05) is 25.1 Å². The average Bonchev–Trinajstić information content (AvgIpc) is 2.98. The molecule has 1 aliphatic rings. The maximum Gasteiger partial charge on any atom is 0.214 e. The van der Waals surface area contributed by atoms with Crippen molar-refractivity contribution >= 4 is 21.1 Å². The van der Waals surface area contributed by atoms with Crippen molar-refractivity contribution in [3.63, 3.8) is 0 Å². The lowest BCUT2D eigenvalue weighted by atomic mass is 9.99. The largest absolute Gasteiger partial charge is 0.342 e. The maximum absolute atomic E-state index is 12.4. The minimum atomic E-state index is -3.29. The molecule has 1 N–H and O–H groups in total. The number of rotatable bonds is 5. The van der Waals surface area contributed by atoms with Crippen molar-refractivity contribution in [3.8, 4) is 6.07 Å². The van der Waals surface area contributed by atoms with Gasteiger partial charge < -0.3 is 4.98 Å². The number of sulfonamides is 1. The number of piperidine rings is 1. The molecule has 2 heterocycles. The van der Waals surface area contributed by atoms with Crippen LogP contribution in [-0.2, 0) is 10.0 Å². The van der Waals surface area contributed by atoms with E-state index in [1.165, 1.54) is 5.56 Å². The number of aromatic amines is 1. The highest BCUT2D eigenvalue weighted by Crippen LogP contribution is 2.28. The van der Waals surface area contributed by atoms with Gasteiger partial charge in [-0.25, -0.2) is 17.7 Å². The topological polar surface area (TPSA) is 89.8 Å². The third kappa shape index (κ3) is 3.60. The highest BCUT2D eigenvalue weighted by atomic mass is 32.2. The van der Waals surface area contributed by atoms with Crippen molar-refractivity contribution in [3.05, 3.63) is 29.6 Å². The first kappa shape index (κ1) is 16.9. The van der Waals surface area contributed by atoms with Gasteiger partial charge in [0, 0.05) is 25.4 Å². The highest BCUT2D eigenvalue weighted by Gasteiger charge is 2.30. The van der Waals surface area contributed by atoms with Gasteiger partial charge in [0.25, 0.3) is 0 Å². The molecule has 1 aliphatic heterocycles. The van der Waals surface area contributed by atoms with Gasteiger partial charge in [-0.2, -0.15) is 5.26 Å². The number of aromatic nitrogens is 2. The predicted octanol–water partition coefficient (Wildman–Crippen LogP) is 2.68. The minimum absolute atomic E-state index is 0.0482. The highest BCUT2D eigenvalue weighted by molar-refractivity contribution is 7.89. The Morgan fingerprint density at radius 2 is 2.29 bits per heavy atom. The summed E-state index contributed by atoms with van der Waals surface area (Å²) in [4.78, 5) is 8.00. The summed E-state index contributed by atoms with van der Waals surface area (Å²) in [5.74, 6) is 1.01. The monoisotopic (exact) mass is 346 g/mol. The number of imidazole rings is 1. The number of H-pyrrole nitrogens is 1. The molecule has 0 aliphatic carbocycles. The Hall–Kier alpha value is -1.91. The van der Waals surface area contributed by atoms with Crippen molar-refractivity contribution in [2.75, 3.05) is 18.8 Å². The first-order chi connectivity index (χ1) is 11.5. The molecule has 0 bridgehead atoms. The van der Waals surface area contributed by atoms with E-state index in [4.69, 9.17) is 5.26 Å². The van der Waals surface area contributed by atoms with Crippen LogP contribution in [0.3, 0.4) is 0 Å². The molecular weight excluding hydrogens is 324 g/mol. The van der Waals surface area contributed by atoms with E-state index in [-0.39, 0.29) is 18.1 Å². The second-order valence-corrected chi connectivity index (χ2v) is 8.51. The van der Waals surface area contributed by atoms with Crippen LogP contribution in [0.1, 0.15) is 43.0 Å². The summed E-state index contributed by atoms with van der Waals surface area (Å²) >= 11 is 0. The number of fused-ring (bicyclic) bond motifs is 1. The maximum atomic E-state index is 12.4. The van der Waals surface area contributed by atoms with E-state index in [9.17, 15) is 8.42 Å². The summed E-state index contributed by atoms with van der Waals surface area (Å²) in [5, 5.41) is 8.58.